The van der Waals surface area contributed by atoms with Crippen molar-refractivity contribution in [2.75, 3.05) is 26.1 Å². The van der Waals surface area contributed by atoms with Crippen molar-refractivity contribution < 1.29 is 4.74 Å². The maximum Gasteiger partial charge on any atom is 0.122 e. The molecule has 0 aromatic heterocycles. The zero-order valence-electron chi connectivity index (χ0n) is 15.2. The lowest BCUT2D eigenvalue weighted by atomic mass is 9.90. The van der Waals surface area contributed by atoms with Gasteiger partial charge in [-0.15, -0.1) is 0 Å². The number of methoxy groups -OCH3 is 1. The third kappa shape index (κ3) is 4.08. The summed E-state index contributed by atoms with van der Waals surface area (Å²) >= 11 is 0. The summed E-state index contributed by atoms with van der Waals surface area (Å²) in [6, 6.07) is 16.9. The van der Waals surface area contributed by atoms with Crippen LogP contribution < -0.4 is 9.64 Å². The number of benzene rings is 2. The van der Waals surface area contributed by atoms with Crippen LogP contribution in [-0.2, 0) is 6.42 Å². The van der Waals surface area contributed by atoms with E-state index in [1.807, 2.05) is 32.3 Å². The highest BCUT2D eigenvalue weighted by Crippen LogP contribution is 2.30. The molecule has 1 atom stereocenters. The molecule has 3 nitrogen and oxygen atoms in total. The molecule has 0 radical (unpaired) electrons. The molecular weight excluding hydrogens is 296 g/mol. The van der Waals surface area contributed by atoms with E-state index in [-0.39, 0.29) is 5.92 Å². The number of anilines is 1. The van der Waals surface area contributed by atoms with Gasteiger partial charge in [-0.05, 0) is 47.2 Å². The molecule has 24 heavy (non-hydrogen) atoms. The highest BCUT2D eigenvalue weighted by atomic mass is 16.5. The standard InChI is InChI=1S/C21H26N2O/c1-15(2)17-8-11-21(24-5)18(12-17)13-19(14-22)16-6-9-20(10-7-16)23(3)4/h6-12,15,19H,13H2,1-5H3. The van der Waals surface area contributed by atoms with Gasteiger partial charge >= 0.3 is 0 Å². The second-order valence-electron chi connectivity index (χ2n) is 6.60. The fourth-order valence-corrected chi connectivity index (χ4v) is 2.78. The zero-order valence-corrected chi connectivity index (χ0v) is 15.2. The normalized spacial score (nSPS) is 11.9. The topological polar surface area (TPSA) is 36.3 Å². The van der Waals surface area contributed by atoms with E-state index in [0.29, 0.717) is 12.3 Å². The molecule has 2 aromatic carbocycles. The van der Waals surface area contributed by atoms with E-state index in [9.17, 15) is 5.26 Å². The number of ether oxygens (including phenoxy) is 1. The Morgan fingerprint density at radius 1 is 1.04 bits per heavy atom. The molecule has 0 aliphatic carbocycles. The molecule has 0 aliphatic rings. The van der Waals surface area contributed by atoms with Crippen molar-refractivity contribution in [2.45, 2.75) is 32.1 Å². The first-order chi connectivity index (χ1) is 11.5. The summed E-state index contributed by atoms with van der Waals surface area (Å²) in [4.78, 5) is 2.06. The van der Waals surface area contributed by atoms with E-state index in [0.717, 1.165) is 22.6 Å². The van der Waals surface area contributed by atoms with E-state index < -0.39 is 0 Å². The van der Waals surface area contributed by atoms with Crippen LogP contribution in [0.25, 0.3) is 0 Å². The van der Waals surface area contributed by atoms with Crippen LogP contribution in [-0.4, -0.2) is 21.2 Å². The fraction of sp³-hybridized carbons (Fsp3) is 0.381. The predicted octanol–water partition coefficient (Wildman–Crippen LogP) is 4.73. The molecule has 0 heterocycles. The van der Waals surface area contributed by atoms with E-state index in [2.05, 4.69) is 49.1 Å². The average molecular weight is 322 g/mol. The molecule has 0 fully saturated rings. The van der Waals surface area contributed by atoms with Gasteiger partial charge in [0.05, 0.1) is 19.1 Å². The third-order valence-electron chi connectivity index (χ3n) is 4.36. The molecule has 3 heteroatoms. The predicted molar refractivity (Wildman–Crippen MR) is 99.9 cm³/mol. The van der Waals surface area contributed by atoms with Gasteiger partial charge in [-0.1, -0.05) is 38.1 Å². The van der Waals surface area contributed by atoms with Crippen LogP contribution in [0, 0.1) is 11.3 Å². The van der Waals surface area contributed by atoms with Gasteiger partial charge in [-0.25, -0.2) is 0 Å². The minimum absolute atomic E-state index is 0.183. The van der Waals surface area contributed by atoms with E-state index >= 15 is 0 Å². The largest absolute Gasteiger partial charge is 0.496 e. The highest BCUT2D eigenvalue weighted by Gasteiger charge is 2.16. The highest BCUT2D eigenvalue weighted by molar-refractivity contribution is 5.48. The van der Waals surface area contributed by atoms with Crippen molar-refractivity contribution in [1.29, 1.82) is 5.26 Å². The lowest BCUT2D eigenvalue weighted by molar-refractivity contribution is 0.408. The molecule has 126 valence electrons. The van der Waals surface area contributed by atoms with Crippen LogP contribution in [0.15, 0.2) is 42.5 Å². The third-order valence-corrected chi connectivity index (χ3v) is 4.36. The van der Waals surface area contributed by atoms with Gasteiger partial charge in [-0.2, -0.15) is 5.26 Å². The van der Waals surface area contributed by atoms with Gasteiger partial charge in [0, 0.05) is 19.8 Å². The molecule has 0 bridgehead atoms. The van der Waals surface area contributed by atoms with Gasteiger partial charge in [0.15, 0.2) is 0 Å². The second-order valence-corrected chi connectivity index (χ2v) is 6.60. The molecule has 2 rings (SSSR count). The summed E-state index contributed by atoms with van der Waals surface area (Å²) in [6.07, 6.45) is 0.654. The summed E-state index contributed by atoms with van der Waals surface area (Å²) in [5.74, 6) is 1.12. The summed E-state index contributed by atoms with van der Waals surface area (Å²) in [5.41, 5.74) is 4.53. The maximum atomic E-state index is 9.66. The first kappa shape index (κ1) is 17.9. The smallest absolute Gasteiger partial charge is 0.122 e. The maximum absolute atomic E-state index is 9.66. The molecule has 0 amide bonds. The first-order valence-electron chi connectivity index (χ1n) is 8.30. The number of rotatable bonds is 6. The zero-order chi connectivity index (χ0) is 17.7. The number of hydrogen-bond acceptors (Lipinski definition) is 3. The van der Waals surface area contributed by atoms with E-state index in [1.54, 1.807) is 7.11 Å². The Balaban J connectivity index is 2.30. The summed E-state index contributed by atoms with van der Waals surface area (Å²) < 4.78 is 5.50. The van der Waals surface area contributed by atoms with Crippen molar-refractivity contribution in [3.8, 4) is 11.8 Å². The van der Waals surface area contributed by atoms with Crippen molar-refractivity contribution >= 4 is 5.69 Å². The number of nitriles is 1. The Bertz CT molecular complexity index is 712. The van der Waals surface area contributed by atoms with E-state index in [4.69, 9.17) is 4.74 Å². The average Bonchev–Trinajstić information content (AvgIpc) is 2.59. The molecule has 0 saturated carbocycles. The minimum Gasteiger partial charge on any atom is -0.496 e. The summed E-state index contributed by atoms with van der Waals surface area (Å²) in [6.45, 7) is 4.35. The van der Waals surface area contributed by atoms with Gasteiger partial charge in [-0.3, -0.25) is 0 Å². The van der Waals surface area contributed by atoms with Crippen LogP contribution in [0.4, 0.5) is 5.69 Å². The quantitative estimate of drug-likeness (QED) is 0.771. The Labute approximate surface area is 145 Å². The van der Waals surface area contributed by atoms with Gasteiger partial charge < -0.3 is 9.64 Å². The van der Waals surface area contributed by atoms with Gasteiger partial charge in [0.2, 0.25) is 0 Å². The first-order valence-corrected chi connectivity index (χ1v) is 8.30. The molecule has 1 unspecified atom stereocenters. The lowest BCUT2D eigenvalue weighted by Crippen LogP contribution is -2.09. The molecule has 0 saturated heterocycles. The second kappa shape index (κ2) is 7.88. The van der Waals surface area contributed by atoms with Gasteiger partial charge in [0.25, 0.3) is 0 Å². The van der Waals surface area contributed by atoms with Crippen molar-refractivity contribution in [1.82, 2.24) is 0 Å². The minimum atomic E-state index is -0.183. The summed E-state index contributed by atoms with van der Waals surface area (Å²) in [5, 5.41) is 9.66. The number of nitrogens with zero attached hydrogens (tertiary/aromatic N) is 2. The van der Waals surface area contributed by atoms with Crippen LogP contribution in [0.3, 0.4) is 0 Å². The van der Waals surface area contributed by atoms with Crippen molar-refractivity contribution in [3.63, 3.8) is 0 Å². The van der Waals surface area contributed by atoms with Crippen molar-refractivity contribution in [3.05, 3.63) is 59.2 Å². The van der Waals surface area contributed by atoms with Crippen LogP contribution in [0.1, 0.15) is 42.4 Å². The Kier molecular flexibility index (Phi) is 5.87. The Morgan fingerprint density at radius 3 is 2.17 bits per heavy atom. The Morgan fingerprint density at radius 2 is 1.67 bits per heavy atom. The molecule has 2 aromatic rings. The van der Waals surface area contributed by atoms with Crippen LogP contribution in [0.5, 0.6) is 5.75 Å². The van der Waals surface area contributed by atoms with Gasteiger partial charge in [0.1, 0.15) is 5.75 Å². The SMILES string of the molecule is COc1ccc(C(C)C)cc1CC(C#N)c1ccc(N(C)C)cc1. The number of hydrogen-bond donors (Lipinski definition) is 0. The fourth-order valence-electron chi connectivity index (χ4n) is 2.78. The molecule has 0 N–H and O–H groups in total. The monoisotopic (exact) mass is 322 g/mol. The molecule has 0 spiro atoms. The molecule has 0 aliphatic heterocycles. The molecular formula is C21H26N2O. The van der Waals surface area contributed by atoms with Crippen LogP contribution >= 0.6 is 0 Å². The lowest BCUT2D eigenvalue weighted by Gasteiger charge is -2.17. The van der Waals surface area contributed by atoms with Crippen molar-refractivity contribution in [2.24, 2.45) is 0 Å². The van der Waals surface area contributed by atoms with Crippen LogP contribution in [0.2, 0.25) is 0 Å². The Hall–Kier alpha value is -2.47. The van der Waals surface area contributed by atoms with E-state index in [1.165, 1.54) is 5.56 Å². The summed E-state index contributed by atoms with van der Waals surface area (Å²) in [7, 11) is 5.71.